The van der Waals surface area contributed by atoms with E-state index >= 15 is 0 Å². The van der Waals surface area contributed by atoms with Gasteiger partial charge in [0.05, 0.1) is 13.7 Å². The number of fused-ring (bicyclic) bond motifs is 1. The molecule has 2 nitrogen and oxygen atoms in total. The van der Waals surface area contributed by atoms with Crippen LogP contribution in [0.1, 0.15) is 11.1 Å². The van der Waals surface area contributed by atoms with Crippen LogP contribution < -0.4 is 9.47 Å². The molecule has 2 heteroatoms. The first-order valence-corrected chi connectivity index (χ1v) is 4.79. The molecule has 0 unspecified atom stereocenters. The van der Waals surface area contributed by atoms with Crippen molar-refractivity contribution < 1.29 is 9.47 Å². The van der Waals surface area contributed by atoms with Crippen LogP contribution in [0.15, 0.2) is 24.8 Å². The van der Waals surface area contributed by atoms with Crippen molar-refractivity contribution in [3.8, 4) is 11.5 Å². The van der Waals surface area contributed by atoms with Gasteiger partial charge < -0.3 is 9.47 Å². The molecule has 0 aliphatic carbocycles. The third-order valence-corrected chi connectivity index (χ3v) is 2.52. The first-order chi connectivity index (χ1) is 6.86. The second kappa shape index (κ2) is 3.74. The zero-order valence-corrected chi connectivity index (χ0v) is 8.38. The van der Waals surface area contributed by atoms with Gasteiger partial charge in [-0.1, -0.05) is 6.08 Å². The SMILES string of the molecule is C=CCc1c(OC)ccc2c1CCO2. The van der Waals surface area contributed by atoms with Gasteiger partial charge in [0.1, 0.15) is 11.5 Å². The molecule has 0 amide bonds. The molecule has 0 spiro atoms. The molecule has 14 heavy (non-hydrogen) atoms. The van der Waals surface area contributed by atoms with Gasteiger partial charge in [-0.3, -0.25) is 0 Å². The lowest BCUT2D eigenvalue weighted by Gasteiger charge is -2.10. The maximum absolute atomic E-state index is 5.50. The summed E-state index contributed by atoms with van der Waals surface area (Å²) in [7, 11) is 1.70. The quantitative estimate of drug-likeness (QED) is 0.681. The van der Waals surface area contributed by atoms with E-state index in [0.717, 1.165) is 30.9 Å². The minimum Gasteiger partial charge on any atom is -0.496 e. The van der Waals surface area contributed by atoms with Gasteiger partial charge in [-0.05, 0) is 18.6 Å². The lowest BCUT2D eigenvalue weighted by molar-refractivity contribution is 0.356. The summed E-state index contributed by atoms with van der Waals surface area (Å²) >= 11 is 0. The van der Waals surface area contributed by atoms with E-state index in [2.05, 4.69) is 6.58 Å². The van der Waals surface area contributed by atoms with Crippen LogP contribution in [0.4, 0.5) is 0 Å². The van der Waals surface area contributed by atoms with Crippen molar-refractivity contribution in [2.45, 2.75) is 12.8 Å². The molecule has 0 fully saturated rings. The molecule has 0 saturated heterocycles. The van der Waals surface area contributed by atoms with Crippen molar-refractivity contribution in [1.82, 2.24) is 0 Å². The molecular weight excluding hydrogens is 176 g/mol. The van der Waals surface area contributed by atoms with Crippen molar-refractivity contribution in [2.75, 3.05) is 13.7 Å². The Morgan fingerprint density at radius 1 is 1.57 bits per heavy atom. The highest BCUT2D eigenvalue weighted by atomic mass is 16.5. The Bertz CT molecular complexity index is 356. The van der Waals surface area contributed by atoms with E-state index in [-0.39, 0.29) is 0 Å². The fourth-order valence-electron chi connectivity index (χ4n) is 1.88. The van der Waals surface area contributed by atoms with Gasteiger partial charge >= 0.3 is 0 Å². The molecule has 1 aliphatic heterocycles. The summed E-state index contributed by atoms with van der Waals surface area (Å²) in [5.41, 5.74) is 2.50. The predicted molar refractivity (Wildman–Crippen MR) is 56.1 cm³/mol. The van der Waals surface area contributed by atoms with Crippen LogP contribution in [0.3, 0.4) is 0 Å². The molecule has 74 valence electrons. The average Bonchev–Trinajstić information content (AvgIpc) is 2.67. The minimum atomic E-state index is 0.784. The van der Waals surface area contributed by atoms with E-state index in [1.807, 2.05) is 18.2 Å². The van der Waals surface area contributed by atoms with Gasteiger partial charge in [0.15, 0.2) is 0 Å². The number of hydrogen-bond acceptors (Lipinski definition) is 2. The number of allylic oxidation sites excluding steroid dienone is 1. The van der Waals surface area contributed by atoms with Gasteiger partial charge in [0.2, 0.25) is 0 Å². The number of methoxy groups -OCH3 is 1. The van der Waals surface area contributed by atoms with Crippen LogP contribution in [0.25, 0.3) is 0 Å². The third kappa shape index (κ3) is 1.37. The Morgan fingerprint density at radius 2 is 2.43 bits per heavy atom. The molecule has 0 radical (unpaired) electrons. The van der Waals surface area contributed by atoms with Gasteiger partial charge in [-0.2, -0.15) is 0 Å². The molecule has 1 aliphatic rings. The Labute approximate surface area is 84.2 Å². The lowest BCUT2D eigenvalue weighted by Crippen LogP contribution is -1.95. The Balaban J connectivity index is 2.50. The Hall–Kier alpha value is -1.44. The number of hydrogen-bond donors (Lipinski definition) is 0. The van der Waals surface area contributed by atoms with Crippen molar-refractivity contribution in [3.05, 3.63) is 35.9 Å². The number of ether oxygens (including phenoxy) is 2. The van der Waals surface area contributed by atoms with E-state index in [1.165, 1.54) is 11.1 Å². The standard InChI is InChI=1S/C12H14O2/c1-3-4-9-10-7-8-14-12(10)6-5-11(9)13-2/h3,5-6H,1,4,7-8H2,2H3. The second-order valence-corrected chi connectivity index (χ2v) is 3.31. The van der Waals surface area contributed by atoms with E-state index in [0.29, 0.717) is 0 Å². The van der Waals surface area contributed by atoms with Crippen LogP contribution in [0.2, 0.25) is 0 Å². The van der Waals surface area contributed by atoms with E-state index in [9.17, 15) is 0 Å². The summed E-state index contributed by atoms with van der Waals surface area (Å²) in [6.45, 7) is 4.54. The minimum absolute atomic E-state index is 0.784. The summed E-state index contributed by atoms with van der Waals surface area (Å²) in [6, 6.07) is 3.94. The largest absolute Gasteiger partial charge is 0.496 e. The van der Waals surface area contributed by atoms with Crippen LogP contribution >= 0.6 is 0 Å². The number of benzene rings is 1. The zero-order valence-electron chi connectivity index (χ0n) is 8.38. The molecule has 1 aromatic carbocycles. The lowest BCUT2D eigenvalue weighted by atomic mass is 10.0. The van der Waals surface area contributed by atoms with Crippen molar-refractivity contribution >= 4 is 0 Å². The Morgan fingerprint density at radius 3 is 3.14 bits per heavy atom. The van der Waals surface area contributed by atoms with Crippen LogP contribution in [-0.2, 0) is 12.8 Å². The first kappa shape index (κ1) is 9.13. The van der Waals surface area contributed by atoms with Gasteiger partial charge in [-0.25, -0.2) is 0 Å². The van der Waals surface area contributed by atoms with E-state index < -0.39 is 0 Å². The number of rotatable bonds is 3. The van der Waals surface area contributed by atoms with Crippen molar-refractivity contribution in [3.63, 3.8) is 0 Å². The molecule has 0 N–H and O–H groups in total. The normalized spacial score (nSPS) is 13.2. The van der Waals surface area contributed by atoms with E-state index in [1.54, 1.807) is 7.11 Å². The monoisotopic (exact) mass is 190 g/mol. The summed E-state index contributed by atoms with van der Waals surface area (Å²) in [6.07, 6.45) is 3.72. The molecule has 2 rings (SSSR count). The summed E-state index contributed by atoms with van der Waals surface area (Å²) in [5, 5.41) is 0. The van der Waals surface area contributed by atoms with E-state index in [4.69, 9.17) is 9.47 Å². The average molecular weight is 190 g/mol. The first-order valence-electron chi connectivity index (χ1n) is 4.79. The maximum atomic E-state index is 5.50. The summed E-state index contributed by atoms with van der Waals surface area (Å²) in [4.78, 5) is 0. The van der Waals surface area contributed by atoms with Gasteiger partial charge in [-0.15, -0.1) is 6.58 Å². The van der Waals surface area contributed by atoms with Crippen molar-refractivity contribution in [1.29, 1.82) is 0 Å². The highest BCUT2D eigenvalue weighted by molar-refractivity contribution is 5.51. The maximum Gasteiger partial charge on any atom is 0.123 e. The molecule has 0 aromatic heterocycles. The smallest absolute Gasteiger partial charge is 0.123 e. The molecule has 0 atom stereocenters. The van der Waals surface area contributed by atoms with Gasteiger partial charge in [0.25, 0.3) is 0 Å². The van der Waals surface area contributed by atoms with Crippen LogP contribution in [0.5, 0.6) is 11.5 Å². The topological polar surface area (TPSA) is 18.5 Å². The third-order valence-electron chi connectivity index (χ3n) is 2.52. The van der Waals surface area contributed by atoms with Crippen LogP contribution in [-0.4, -0.2) is 13.7 Å². The van der Waals surface area contributed by atoms with Crippen LogP contribution in [0, 0.1) is 0 Å². The molecule has 1 heterocycles. The highest BCUT2D eigenvalue weighted by Crippen LogP contribution is 2.34. The second-order valence-electron chi connectivity index (χ2n) is 3.31. The highest BCUT2D eigenvalue weighted by Gasteiger charge is 2.18. The Kier molecular flexibility index (Phi) is 2.44. The molecular formula is C12H14O2. The van der Waals surface area contributed by atoms with Gasteiger partial charge in [0, 0.05) is 17.5 Å². The summed E-state index contributed by atoms with van der Waals surface area (Å²) in [5.74, 6) is 1.94. The van der Waals surface area contributed by atoms with Crippen molar-refractivity contribution in [2.24, 2.45) is 0 Å². The molecule has 1 aromatic rings. The fourth-order valence-corrected chi connectivity index (χ4v) is 1.88. The fraction of sp³-hybridized carbons (Fsp3) is 0.333. The zero-order chi connectivity index (χ0) is 9.97. The molecule has 0 saturated carbocycles. The predicted octanol–water partition coefficient (Wildman–Crippen LogP) is 2.36. The molecule has 0 bridgehead atoms. The summed E-state index contributed by atoms with van der Waals surface area (Å²) < 4.78 is 10.8.